The van der Waals surface area contributed by atoms with Crippen molar-refractivity contribution in [2.45, 2.75) is 6.54 Å². The van der Waals surface area contributed by atoms with Crippen LogP contribution in [-0.2, 0) is 6.54 Å². The highest BCUT2D eigenvalue weighted by atomic mass is 16.1. The van der Waals surface area contributed by atoms with E-state index in [1.54, 1.807) is 30.5 Å². The molecule has 0 fully saturated rings. The number of anilines is 4. The molecule has 0 aliphatic rings. The minimum Gasteiger partial charge on any atom is -0.382 e. The van der Waals surface area contributed by atoms with Crippen LogP contribution in [0.4, 0.5) is 23.1 Å². The Kier molecular flexibility index (Phi) is 5.08. The van der Waals surface area contributed by atoms with Crippen molar-refractivity contribution in [2.24, 2.45) is 0 Å². The summed E-state index contributed by atoms with van der Waals surface area (Å²) in [5.74, 6) is 0.0773. The highest BCUT2D eigenvalue weighted by Crippen LogP contribution is 2.19. The average Bonchev–Trinajstić information content (AvgIpc) is 2.75. The fourth-order valence-electron chi connectivity index (χ4n) is 2.93. The molecule has 4 rings (SSSR count). The van der Waals surface area contributed by atoms with E-state index in [4.69, 9.17) is 11.5 Å². The molecule has 2 heterocycles. The summed E-state index contributed by atoms with van der Waals surface area (Å²) < 4.78 is 0. The Morgan fingerprint density at radius 2 is 1.93 bits per heavy atom. The number of rotatable bonds is 5. The smallest absolute Gasteiger partial charge is 0.255 e. The third kappa shape index (κ3) is 4.09. The summed E-state index contributed by atoms with van der Waals surface area (Å²) in [7, 11) is 1.92. The molecule has 9 heteroatoms. The summed E-state index contributed by atoms with van der Waals surface area (Å²) in [5, 5.41) is 2.84. The number of benzene rings is 2. The van der Waals surface area contributed by atoms with E-state index in [-0.39, 0.29) is 17.7 Å². The Balaban J connectivity index is 1.46. The van der Waals surface area contributed by atoms with E-state index in [9.17, 15) is 4.79 Å². The first-order valence-corrected chi connectivity index (χ1v) is 9.13. The van der Waals surface area contributed by atoms with Gasteiger partial charge < -0.3 is 21.7 Å². The molecule has 30 heavy (non-hydrogen) atoms. The first-order valence-electron chi connectivity index (χ1n) is 9.13. The number of nitrogens with two attached hydrogens (primary N) is 2. The van der Waals surface area contributed by atoms with Gasteiger partial charge in [-0.1, -0.05) is 12.1 Å². The predicted molar refractivity (Wildman–Crippen MR) is 116 cm³/mol. The number of carbonyl (C=O) groups is 1. The van der Waals surface area contributed by atoms with Crippen molar-refractivity contribution < 1.29 is 4.79 Å². The van der Waals surface area contributed by atoms with Gasteiger partial charge in [0.2, 0.25) is 5.95 Å². The molecule has 0 saturated carbocycles. The van der Waals surface area contributed by atoms with Crippen molar-refractivity contribution in [1.29, 1.82) is 0 Å². The van der Waals surface area contributed by atoms with Crippen LogP contribution in [0.5, 0.6) is 0 Å². The fourth-order valence-corrected chi connectivity index (χ4v) is 2.93. The summed E-state index contributed by atoms with van der Waals surface area (Å²) in [4.78, 5) is 31.1. The lowest BCUT2D eigenvalue weighted by Crippen LogP contribution is -2.18. The molecular formula is C21H19N8O. The first kappa shape index (κ1) is 19.1. The molecule has 149 valence electrons. The third-order valence-corrected chi connectivity index (χ3v) is 4.44. The number of nitrogens with zero attached hydrogens (tertiary/aromatic N) is 5. The Morgan fingerprint density at radius 1 is 1.13 bits per heavy atom. The van der Waals surface area contributed by atoms with Crippen molar-refractivity contribution in [3.05, 3.63) is 72.1 Å². The Morgan fingerprint density at radius 3 is 2.67 bits per heavy atom. The molecule has 0 saturated heterocycles. The van der Waals surface area contributed by atoms with Crippen LogP contribution >= 0.6 is 0 Å². The van der Waals surface area contributed by atoms with Gasteiger partial charge in [0, 0.05) is 24.0 Å². The van der Waals surface area contributed by atoms with Crippen molar-refractivity contribution in [1.82, 2.24) is 19.9 Å². The minimum atomic E-state index is -0.182. The number of aromatic nitrogens is 4. The van der Waals surface area contributed by atoms with E-state index in [1.165, 1.54) is 0 Å². The quantitative estimate of drug-likeness (QED) is 0.465. The van der Waals surface area contributed by atoms with Crippen molar-refractivity contribution in [2.75, 3.05) is 28.7 Å². The van der Waals surface area contributed by atoms with E-state index in [0.29, 0.717) is 34.7 Å². The second kappa shape index (κ2) is 8.00. The SMILES string of the molecule is CN(Cc1cnc2nc(N)nc(N)c2n1)c1ccc(C(=O)Nc2c[c]ccc2)cc1. The number of hydrogen-bond acceptors (Lipinski definition) is 8. The molecular weight excluding hydrogens is 380 g/mol. The monoisotopic (exact) mass is 399 g/mol. The van der Waals surface area contributed by atoms with Crippen LogP contribution in [0.2, 0.25) is 0 Å². The van der Waals surface area contributed by atoms with Gasteiger partial charge >= 0.3 is 0 Å². The fraction of sp³-hybridized carbons (Fsp3) is 0.0952. The Hall–Kier alpha value is -4.27. The zero-order chi connectivity index (χ0) is 21.1. The maximum atomic E-state index is 12.4. The zero-order valence-electron chi connectivity index (χ0n) is 16.2. The van der Waals surface area contributed by atoms with Gasteiger partial charge in [-0.05, 0) is 42.5 Å². The van der Waals surface area contributed by atoms with Gasteiger partial charge in [0.15, 0.2) is 17.0 Å². The summed E-state index contributed by atoms with van der Waals surface area (Å²) >= 11 is 0. The molecule has 1 radical (unpaired) electrons. The molecule has 0 spiro atoms. The predicted octanol–water partition coefficient (Wildman–Crippen LogP) is 2.27. The summed E-state index contributed by atoms with van der Waals surface area (Å²) in [5.41, 5.74) is 15.1. The number of hydrogen-bond donors (Lipinski definition) is 3. The highest BCUT2D eigenvalue weighted by molar-refractivity contribution is 6.04. The van der Waals surface area contributed by atoms with Crippen LogP contribution in [0.25, 0.3) is 11.2 Å². The van der Waals surface area contributed by atoms with E-state index in [0.717, 1.165) is 5.69 Å². The molecule has 5 N–H and O–H groups in total. The lowest BCUT2D eigenvalue weighted by molar-refractivity contribution is 0.102. The van der Waals surface area contributed by atoms with E-state index in [2.05, 4.69) is 31.3 Å². The third-order valence-electron chi connectivity index (χ3n) is 4.44. The van der Waals surface area contributed by atoms with Gasteiger partial charge in [-0.25, -0.2) is 9.97 Å². The van der Waals surface area contributed by atoms with Crippen LogP contribution in [-0.4, -0.2) is 32.9 Å². The molecule has 0 aliphatic heterocycles. The van der Waals surface area contributed by atoms with E-state index in [1.807, 2.05) is 36.2 Å². The summed E-state index contributed by atoms with van der Waals surface area (Å²) in [6.07, 6.45) is 1.63. The standard InChI is InChI=1S/C21H19N8O/c1-29(12-15-11-24-19-17(25-15)18(22)27-21(23)28-19)16-9-7-13(8-10-16)20(30)26-14-5-3-2-4-6-14/h2-3,5-11H,12H2,1H3,(H,26,30)(H4,22,23,24,27,28). The minimum absolute atomic E-state index is 0.0636. The first-order chi connectivity index (χ1) is 14.5. The van der Waals surface area contributed by atoms with Gasteiger partial charge in [-0.3, -0.25) is 4.79 Å². The Bertz CT molecular complexity index is 1200. The van der Waals surface area contributed by atoms with E-state index < -0.39 is 0 Å². The molecule has 2 aromatic carbocycles. The molecule has 0 bridgehead atoms. The van der Waals surface area contributed by atoms with Crippen LogP contribution in [0.15, 0.2) is 54.7 Å². The van der Waals surface area contributed by atoms with Crippen molar-refractivity contribution in [3.63, 3.8) is 0 Å². The highest BCUT2D eigenvalue weighted by Gasteiger charge is 2.11. The topological polar surface area (TPSA) is 136 Å². The number of nitrogen functional groups attached to an aromatic ring is 2. The number of carbonyl (C=O) groups excluding carboxylic acids is 1. The molecule has 4 aromatic rings. The van der Waals surface area contributed by atoms with Gasteiger partial charge in [0.25, 0.3) is 5.91 Å². The van der Waals surface area contributed by atoms with Gasteiger partial charge in [0.1, 0.15) is 0 Å². The van der Waals surface area contributed by atoms with Crippen LogP contribution in [0.3, 0.4) is 0 Å². The molecule has 2 aromatic heterocycles. The van der Waals surface area contributed by atoms with Crippen molar-refractivity contribution in [3.8, 4) is 0 Å². The molecule has 0 aliphatic carbocycles. The zero-order valence-corrected chi connectivity index (χ0v) is 16.2. The molecule has 9 nitrogen and oxygen atoms in total. The molecule has 1 amide bonds. The molecule has 0 atom stereocenters. The number of nitrogens with one attached hydrogen (secondary N) is 1. The van der Waals surface area contributed by atoms with Crippen molar-refractivity contribution >= 4 is 40.2 Å². The molecule has 0 unspecified atom stereocenters. The number of fused-ring (bicyclic) bond motifs is 1. The van der Waals surface area contributed by atoms with Crippen LogP contribution in [0.1, 0.15) is 16.1 Å². The van der Waals surface area contributed by atoms with Gasteiger partial charge in [-0.15, -0.1) is 0 Å². The lowest BCUT2D eigenvalue weighted by atomic mass is 10.1. The van der Waals surface area contributed by atoms with Crippen LogP contribution < -0.4 is 21.7 Å². The maximum Gasteiger partial charge on any atom is 0.255 e. The van der Waals surface area contributed by atoms with Gasteiger partial charge in [-0.2, -0.15) is 9.97 Å². The second-order valence-corrected chi connectivity index (χ2v) is 6.65. The van der Waals surface area contributed by atoms with Crippen LogP contribution in [0, 0.1) is 6.07 Å². The average molecular weight is 399 g/mol. The van der Waals surface area contributed by atoms with Gasteiger partial charge in [0.05, 0.1) is 18.4 Å². The summed E-state index contributed by atoms with van der Waals surface area (Å²) in [6, 6.07) is 17.3. The lowest BCUT2D eigenvalue weighted by Gasteiger charge is -2.19. The maximum absolute atomic E-state index is 12.4. The number of amides is 1. The van der Waals surface area contributed by atoms with E-state index >= 15 is 0 Å². The second-order valence-electron chi connectivity index (χ2n) is 6.65. The largest absolute Gasteiger partial charge is 0.382 e. The normalized spacial score (nSPS) is 10.7. The summed E-state index contributed by atoms with van der Waals surface area (Å²) in [6.45, 7) is 0.484. The Labute approximate surface area is 172 Å².